The monoisotopic (exact) mass is 213 g/mol. The highest BCUT2D eigenvalue weighted by atomic mass is 16.3. The zero-order chi connectivity index (χ0) is 11.6. The molecule has 4 nitrogen and oxygen atoms in total. The molecule has 0 saturated carbocycles. The van der Waals surface area contributed by atoms with Gasteiger partial charge in [0, 0.05) is 12.8 Å². The van der Waals surface area contributed by atoms with E-state index in [4.69, 9.17) is 0 Å². The average Bonchev–Trinajstić information content (AvgIpc) is 2.11. The molecule has 0 radical (unpaired) electrons. The molecule has 1 unspecified atom stereocenters. The van der Waals surface area contributed by atoms with E-state index in [0.717, 1.165) is 0 Å². The fraction of sp³-hybridized carbons (Fsp3) is 0.818. The lowest BCUT2D eigenvalue weighted by molar-refractivity contribution is -0.153. The van der Waals surface area contributed by atoms with Crippen LogP contribution < -0.4 is 0 Å². The molecule has 1 N–H and O–H groups in total. The van der Waals surface area contributed by atoms with Crippen molar-refractivity contribution in [1.82, 2.24) is 4.90 Å². The predicted molar refractivity (Wildman–Crippen MR) is 56.0 cm³/mol. The summed E-state index contributed by atoms with van der Waals surface area (Å²) in [5.74, 6) is -0.187. The van der Waals surface area contributed by atoms with Crippen LogP contribution >= 0.6 is 0 Å². The Kier molecular flexibility index (Phi) is 3.50. The number of nitrogens with zero attached hydrogens (tertiary/aromatic N) is 1. The Labute approximate surface area is 90.3 Å². The van der Waals surface area contributed by atoms with E-state index in [1.165, 1.54) is 4.90 Å². The first-order valence-corrected chi connectivity index (χ1v) is 5.41. The Hall–Kier alpha value is -0.900. The highest BCUT2D eigenvalue weighted by Crippen LogP contribution is 2.21. The number of carbonyl (C=O) groups excluding carboxylic acids is 2. The van der Waals surface area contributed by atoms with E-state index in [9.17, 15) is 14.7 Å². The summed E-state index contributed by atoms with van der Waals surface area (Å²) in [7, 11) is 0. The van der Waals surface area contributed by atoms with Crippen LogP contribution in [0.15, 0.2) is 0 Å². The minimum Gasteiger partial charge on any atom is -0.388 e. The van der Waals surface area contributed by atoms with Gasteiger partial charge in [-0.3, -0.25) is 14.5 Å². The van der Waals surface area contributed by atoms with Crippen molar-refractivity contribution < 1.29 is 14.7 Å². The van der Waals surface area contributed by atoms with Crippen molar-refractivity contribution in [2.75, 3.05) is 6.54 Å². The number of amides is 2. The molecule has 2 amide bonds. The third-order valence-corrected chi connectivity index (χ3v) is 2.91. The molecular weight excluding hydrogens is 194 g/mol. The van der Waals surface area contributed by atoms with Gasteiger partial charge in [-0.1, -0.05) is 13.8 Å². The van der Waals surface area contributed by atoms with Gasteiger partial charge in [0.1, 0.15) is 0 Å². The van der Waals surface area contributed by atoms with Crippen LogP contribution in [0.25, 0.3) is 0 Å². The number of hydrogen-bond donors (Lipinski definition) is 1. The summed E-state index contributed by atoms with van der Waals surface area (Å²) in [5, 5.41) is 9.83. The minimum atomic E-state index is -0.966. The van der Waals surface area contributed by atoms with Gasteiger partial charge >= 0.3 is 0 Å². The van der Waals surface area contributed by atoms with Gasteiger partial charge in [0.15, 0.2) is 0 Å². The Morgan fingerprint density at radius 1 is 1.40 bits per heavy atom. The Morgan fingerprint density at radius 2 is 1.87 bits per heavy atom. The Bertz CT molecular complexity index is 255. The highest BCUT2D eigenvalue weighted by molar-refractivity contribution is 5.97. The quantitative estimate of drug-likeness (QED) is 0.710. The summed E-state index contributed by atoms with van der Waals surface area (Å²) in [6.07, 6.45) is 1.34. The topological polar surface area (TPSA) is 57.6 Å². The third-order valence-electron chi connectivity index (χ3n) is 2.91. The normalized spacial score (nSPS) is 23.1. The summed E-state index contributed by atoms with van der Waals surface area (Å²) >= 11 is 0. The molecule has 0 aromatic rings. The van der Waals surface area contributed by atoms with Crippen LogP contribution in [0.1, 0.15) is 40.0 Å². The van der Waals surface area contributed by atoms with Crippen LogP contribution in [0.2, 0.25) is 0 Å². The van der Waals surface area contributed by atoms with Gasteiger partial charge in [0.25, 0.3) is 0 Å². The van der Waals surface area contributed by atoms with Crippen molar-refractivity contribution in [3.63, 3.8) is 0 Å². The van der Waals surface area contributed by atoms with Crippen LogP contribution in [0.3, 0.4) is 0 Å². The number of piperidine rings is 1. The number of aliphatic hydroxyl groups is 1. The molecule has 1 aliphatic heterocycles. The molecule has 0 aromatic heterocycles. The van der Waals surface area contributed by atoms with E-state index in [1.54, 1.807) is 6.92 Å². The molecular formula is C11H19NO3. The summed E-state index contributed by atoms with van der Waals surface area (Å²) in [4.78, 5) is 24.4. The fourth-order valence-electron chi connectivity index (χ4n) is 1.66. The number of carbonyl (C=O) groups is 2. The molecule has 1 saturated heterocycles. The molecule has 1 atom stereocenters. The second-order valence-electron chi connectivity index (χ2n) is 4.74. The molecule has 1 heterocycles. The fourth-order valence-corrected chi connectivity index (χ4v) is 1.66. The standard InChI is InChI=1S/C11H19NO3/c1-4-11(3,15)7-12-9(13)5-8(2)6-10(12)14/h8,15H,4-7H2,1-3H3. The molecule has 0 aliphatic carbocycles. The van der Waals surface area contributed by atoms with Crippen molar-refractivity contribution in [3.8, 4) is 0 Å². The van der Waals surface area contributed by atoms with E-state index >= 15 is 0 Å². The first kappa shape index (κ1) is 12.2. The summed E-state index contributed by atoms with van der Waals surface area (Å²) in [6, 6.07) is 0. The van der Waals surface area contributed by atoms with Crippen LogP contribution in [0.5, 0.6) is 0 Å². The van der Waals surface area contributed by atoms with Crippen LogP contribution in [-0.2, 0) is 9.59 Å². The largest absolute Gasteiger partial charge is 0.388 e. The molecule has 86 valence electrons. The maximum Gasteiger partial charge on any atom is 0.229 e. The van der Waals surface area contributed by atoms with Gasteiger partial charge in [0.05, 0.1) is 12.1 Å². The number of likely N-dealkylation sites (tertiary alicyclic amines) is 1. The maximum absolute atomic E-state index is 11.6. The number of hydrogen-bond acceptors (Lipinski definition) is 3. The van der Waals surface area contributed by atoms with Crippen LogP contribution in [-0.4, -0.2) is 34.0 Å². The smallest absolute Gasteiger partial charge is 0.229 e. The lowest BCUT2D eigenvalue weighted by atomic mass is 9.95. The van der Waals surface area contributed by atoms with Crippen LogP contribution in [0, 0.1) is 5.92 Å². The van der Waals surface area contributed by atoms with E-state index in [2.05, 4.69) is 0 Å². The first-order valence-electron chi connectivity index (χ1n) is 5.41. The van der Waals surface area contributed by atoms with E-state index in [1.807, 2.05) is 13.8 Å². The van der Waals surface area contributed by atoms with Crippen LogP contribution in [0.4, 0.5) is 0 Å². The molecule has 15 heavy (non-hydrogen) atoms. The maximum atomic E-state index is 11.6. The minimum absolute atomic E-state index is 0.119. The molecule has 1 rings (SSSR count). The Morgan fingerprint density at radius 3 is 2.27 bits per heavy atom. The lowest BCUT2D eigenvalue weighted by Gasteiger charge is -2.33. The zero-order valence-electron chi connectivity index (χ0n) is 9.62. The Balaban J connectivity index is 2.69. The molecule has 4 heteroatoms. The third kappa shape index (κ3) is 3.02. The highest BCUT2D eigenvalue weighted by Gasteiger charge is 2.34. The summed E-state index contributed by atoms with van der Waals surface area (Å²) in [6.45, 7) is 5.49. The molecule has 0 aromatic carbocycles. The van der Waals surface area contributed by atoms with Crippen molar-refractivity contribution in [2.45, 2.75) is 45.6 Å². The van der Waals surface area contributed by atoms with Gasteiger partial charge in [-0.25, -0.2) is 0 Å². The number of β-amino-alcohol motifs (C(OH)–C–C–N with tert-alkyl or cyclic N) is 1. The lowest BCUT2D eigenvalue weighted by Crippen LogP contribution is -2.49. The summed E-state index contributed by atoms with van der Waals surface area (Å²) < 4.78 is 0. The SMILES string of the molecule is CCC(C)(O)CN1C(=O)CC(C)CC1=O. The van der Waals surface area contributed by atoms with E-state index in [-0.39, 0.29) is 24.3 Å². The van der Waals surface area contributed by atoms with Crippen molar-refractivity contribution in [1.29, 1.82) is 0 Å². The van der Waals surface area contributed by atoms with Crippen molar-refractivity contribution >= 4 is 11.8 Å². The second-order valence-corrected chi connectivity index (χ2v) is 4.74. The summed E-state index contributed by atoms with van der Waals surface area (Å²) in [5.41, 5.74) is -0.966. The van der Waals surface area contributed by atoms with Crippen molar-refractivity contribution in [3.05, 3.63) is 0 Å². The number of imide groups is 1. The first-order chi connectivity index (χ1) is 6.85. The van der Waals surface area contributed by atoms with E-state index < -0.39 is 5.60 Å². The van der Waals surface area contributed by atoms with Gasteiger partial charge in [-0.15, -0.1) is 0 Å². The molecule has 0 spiro atoms. The van der Waals surface area contributed by atoms with Crippen molar-refractivity contribution in [2.24, 2.45) is 5.92 Å². The van der Waals surface area contributed by atoms with Gasteiger partial charge in [0.2, 0.25) is 11.8 Å². The molecule has 0 bridgehead atoms. The van der Waals surface area contributed by atoms with Gasteiger partial charge in [-0.05, 0) is 19.3 Å². The van der Waals surface area contributed by atoms with Gasteiger partial charge < -0.3 is 5.11 Å². The van der Waals surface area contributed by atoms with Gasteiger partial charge in [-0.2, -0.15) is 0 Å². The molecule has 1 aliphatic rings. The second kappa shape index (κ2) is 4.31. The average molecular weight is 213 g/mol. The molecule has 1 fully saturated rings. The zero-order valence-corrected chi connectivity index (χ0v) is 9.62. The number of rotatable bonds is 3. The predicted octanol–water partition coefficient (Wildman–Crippen LogP) is 0.933. The van der Waals surface area contributed by atoms with E-state index in [0.29, 0.717) is 19.3 Å².